The maximum absolute atomic E-state index is 3.48. The Morgan fingerprint density at radius 1 is 1.14 bits per heavy atom. The summed E-state index contributed by atoms with van der Waals surface area (Å²) in [5.41, 5.74) is 0. The molecule has 0 spiro atoms. The maximum atomic E-state index is 3.48. The number of piperidine rings is 1. The second-order valence-electron chi connectivity index (χ2n) is 4.62. The average molecular weight is 198 g/mol. The van der Waals surface area contributed by atoms with Crippen molar-refractivity contribution in [2.24, 2.45) is 0 Å². The largest absolute Gasteiger partial charge is 0.315 e. The first kappa shape index (κ1) is 12.0. The van der Waals surface area contributed by atoms with Crippen molar-refractivity contribution in [1.29, 1.82) is 0 Å². The Labute approximate surface area is 89.1 Å². The first-order chi connectivity index (χ1) is 6.75. The Morgan fingerprint density at radius 3 is 2.36 bits per heavy atom. The van der Waals surface area contributed by atoms with Gasteiger partial charge in [-0.1, -0.05) is 13.3 Å². The van der Waals surface area contributed by atoms with Crippen LogP contribution in [0, 0.1) is 0 Å². The number of nitrogens with zero attached hydrogens (tertiary/aromatic N) is 1. The number of rotatable bonds is 5. The van der Waals surface area contributed by atoms with Crippen molar-refractivity contribution in [3.8, 4) is 0 Å². The van der Waals surface area contributed by atoms with E-state index in [-0.39, 0.29) is 0 Å². The van der Waals surface area contributed by atoms with E-state index in [2.05, 4.69) is 31.0 Å². The van der Waals surface area contributed by atoms with E-state index < -0.39 is 0 Å². The topological polar surface area (TPSA) is 15.3 Å². The summed E-state index contributed by atoms with van der Waals surface area (Å²) >= 11 is 0. The van der Waals surface area contributed by atoms with Crippen LogP contribution in [-0.4, -0.2) is 36.6 Å². The molecule has 0 aromatic carbocycles. The Kier molecular flexibility index (Phi) is 5.49. The van der Waals surface area contributed by atoms with Crippen LogP contribution in [0.2, 0.25) is 0 Å². The standard InChI is InChI=1S/C12H26N2/c1-4-8-13-9-10-14-11(2)6-5-7-12(14)3/h11-13H,4-10H2,1-3H3/t11-,12+. The fourth-order valence-corrected chi connectivity index (χ4v) is 2.43. The monoisotopic (exact) mass is 198 g/mol. The van der Waals surface area contributed by atoms with Crippen LogP contribution < -0.4 is 5.32 Å². The zero-order chi connectivity index (χ0) is 10.4. The van der Waals surface area contributed by atoms with Gasteiger partial charge in [0.25, 0.3) is 0 Å². The lowest BCUT2D eigenvalue weighted by Gasteiger charge is -2.39. The lowest BCUT2D eigenvalue weighted by Crippen LogP contribution is -2.46. The summed E-state index contributed by atoms with van der Waals surface area (Å²) in [6, 6.07) is 1.59. The summed E-state index contributed by atoms with van der Waals surface area (Å²) < 4.78 is 0. The number of hydrogen-bond acceptors (Lipinski definition) is 2. The molecule has 0 aliphatic carbocycles. The predicted molar refractivity (Wildman–Crippen MR) is 62.6 cm³/mol. The highest BCUT2D eigenvalue weighted by Gasteiger charge is 2.23. The molecule has 1 rings (SSSR count). The molecule has 0 aromatic heterocycles. The lowest BCUT2D eigenvalue weighted by molar-refractivity contribution is 0.105. The number of nitrogens with one attached hydrogen (secondary N) is 1. The van der Waals surface area contributed by atoms with E-state index in [0.29, 0.717) is 0 Å². The Morgan fingerprint density at radius 2 is 1.79 bits per heavy atom. The second kappa shape index (κ2) is 6.41. The molecule has 1 aliphatic heterocycles. The summed E-state index contributed by atoms with van der Waals surface area (Å²) in [6.07, 6.45) is 5.43. The molecule has 1 saturated heterocycles. The minimum atomic E-state index is 0.794. The minimum absolute atomic E-state index is 0.794. The summed E-state index contributed by atoms with van der Waals surface area (Å²) in [7, 11) is 0. The van der Waals surface area contributed by atoms with Gasteiger partial charge in [0.05, 0.1) is 0 Å². The molecule has 2 atom stereocenters. The summed E-state index contributed by atoms with van der Waals surface area (Å²) in [5.74, 6) is 0. The highest BCUT2D eigenvalue weighted by atomic mass is 15.2. The quantitative estimate of drug-likeness (QED) is 0.682. The third-order valence-electron chi connectivity index (χ3n) is 3.35. The van der Waals surface area contributed by atoms with Crippen LogP contribution in [0.25, 0.3) is 0 Å². The van der Waals surface area contributed by atoms with Gasteiger partial charge in [-0.05, 0) is 39.7 Å². The molecule has 0 radical (unpaired) electrons. The van der Waals surface area contributed by atoms with Crippen LogP contribution in [0.1, 0.15) is 46.5 Å². The lowest BCUT2D eigenvalue weighted by atomic mass is 9.98. The second-order valence-corrected chi connectivity index (χ2v) is 4.62. The number of hydrogen-bond donors (Lipinski definition) is 1. The van der Waals surface area contributed by atoms with Gasteiger partial charge >= 0.3 is 0 Å². The van der Waals surface area contributed by atoms with Crippen LogP contribution in [-0.2, 0) is 0 Å². The summed E-state index contributed by atoms with van der Waals surface area (Å²) in [5, 5.41) is 3.48. The molecule has 0 saturated carbocycles. The minimum Gasteiger partial charge on any atom is -0.315 e. The van der Waals surface area contributed by atoms with E-state index in [1.807, 2.05) is 0 Å². The van der Waals surface area contributed by atoms with E-state index >= 15 is 0 Å². The van der Waals surface area contributed by atoms with E-state index in [1.54, 1.807) is 0 Å². The molecule has 84 valence electrons. The molecular formula is C12H26N2. The van der Waals surface area contributed by atoms with Gasteiger partial charge < -0.3 is 5.32 Å². The van der Waals surface area contributed by atoms with Crippen molar-refractivity contribution < 1.29 is 0 Å². The van der Waals surface area contributed by atoms with Gasteiger partial charge in [0, 0.05) is 25.2 Å². The molecule has 0 amide bonds. The average Bonchev–Trinajstić information content (AvgIpc) is 2.16. The van der Waals surface area contributed by atoms with Gasteiger partial charge in [-0.15, -0.1) is 0 Å². The fourth-order valence-electron chi connectivity index (χ4n) is 2.43. The van der Waals surface area contributed by atoms with Crippen LogP contribution in [0.3, 0.4) is 0 Å². The van der Waals surface area contributed by atoms with Crippen LogP contribution in [0.15, 0.2) is 0 Å². The molecule has 2 nitrogen and oxygen atoms in total. The SMILES string of the molecule is CCCNCCN1[C@H](C)CCC[C@@H]1C. The molecule has 2 heteroatoms. The molecule has 14 heavy (non-hydrogen) atoms. The molecule has 0 unspecified atom stereocenters. The predicted octanol–water partition coefficient (Wildman–Crippen LogP) is 2.25. The van der Waals surface area contributed by atoms with E-state index in [9.17, 15) is 0 Å². The van der Waals surface area contributed by atoms with Crippen LogP contribution >= 0.6 is 0 Å². The van der Waals surface area contributed by atoms with Gasteiger partial charge in [-0.3, -0.25) is 4.90 Å². The van der Waals surface area contributed by atoms with Gasteiger partial charge in [-0.2, -0.15) is 0 Å². The molecule has 1 fully saturated rings. The third-order valence-corrected chi connectivity index (χ3v) is 3.35. The Balaban J connectivity index is 2.19. The van der Waals surface area contributed by atoms with Gasteiger partial charge in [-0.25, -0.2) is 0 Å². The van der Waals surface area contributed by atoms with Crippen molar-refractivity contribution in [2.75, 3.05) is 19.6 Å². The van der Waals surface area contributed by atoms with E-state index in [4.69, 9.17) is 0 Å². The fraction of sp³-hybridized carbons (Fsp3) is 1.00. The molecular weight excluding hydrogens is 172 g/mol. The van der Waals surface area contributed by atoms with E-state index in [1.165, 1.54) is 32.2 Å². The Hall–Kier alpha value is -0.0800. The van der Waals surface area contributed by atoms with Gasteiger partial charge in [0.2, 0.25) is 0 Å². The van der Waals surface area contributed by atoms with Crippen molar-refractivity contribution in [2.45, 2.75) is 58.5 Å². The van der Waals surface area contributed by atoms with Crippen molar-refractivity contribution in [3.63, 3.8) is 0 Å². The van der Waals surface area contributed by atoms with Crippen molar-refractivity contribution in [1.82, 2.24) is 10.2 Å². The van der Waals surface area contributed by atoms with Crippen LogP contribution in [0.5, 0.6) is 0 Å². The van der Waals surface area contributed by atoms with Gasteiger partial charge in [0.15, 0.2) is 0 Å². The van der Waals surface area contributed by atoms with E-state index in [0.717, 1.165) is 25.2 Å². The first-order valence-corrected chi connectivity index (χ1v) is 6.22. The first-order valence-electron chi connectivity index (χ1n) is 6.22. The van der Waals surface area contributed by atoms with Crippen molar-refractivity contribution in [3.05, 3.63) is 0 Å². The molecule has 1 heterocycles. The third kappa shape index (κ3) is 3.58. The Bertz CT molecular complexity index is 137. The normalized spacial score (nSPS) is 29.4. The summed E-state index contributed by atoms with van der Waals surface area (Å²) in [6.45, 7) is 10.5. The molecule has 1 N–H and O–H groups in total. The smallest absolute Gasteiger partial charge is 0.0112 e. The number of likely N-dealkylation sites (tertiary alicyclic amines) is 1. The maximum Gasteiger partial charge on any atom is 0.0112 e. The van der Waals surface area contributed by atoms with Crippen LogP contribution in [0.4, 0.5) is 0 Å². The highest BCUT2D eigenvalue weighted by molar-refractivity contribution is 4.79. The molecule has 0 bridgehead atoms. The van der Waals surface area contributed by atoms with Gasteiger partial charge in [0.1, 0.15) is 0 Å². The van der Waals surface area contributed by atoms with Crippen molar-refractivity contribution >= 4 is 0 Å². The molecule has 1 aliphatic rings. The summed E-state index contributed by atoms with van der Waals surface area (Å²) in [4.78, 5) is 2.66. The molecule has 0 aromatic rings. The zero-order valence-corrected chi connectivity index (χ0v) is 10.1. The zero-order valence-electron chi connectivity index (χ0n) is 10.1. The highest BCUT2D eigenvalue weighted by Crippen LogP contribution is 2.21.